The monoisotopic (exact) mass is 360 g/mol. The van der Waals surface area contributed by atoms with Crippen molar-refractivity contribution >= 4 is 34.4 Å². The lowest BCUT2D eigenvalue weighted by atomic mass is 9.99. The van der Waals surface area contributed by atoms with Crippen molar-refractivity contribution in [3.05, 3.63) is 95.6 Å². The van der Waals surface area contributed by atoms with Crippen LogP contribution in [-0.4, -0.2) is 10.8 Å². The molecule has 26 heavy (non-hydrogen) atoms. The normalized spacial score (nSPS) is 11.0. The standard InChI is InChI=1S/C21H20N4S/c1-15-12-13-19(22)18(14-15)20(16-8-4-2-5-9-16)24-25-21(26)23-17-10-6-3-7-11-17/h2-14H,22H2,1H3,(H2,23,25,26)/b24-20+. The van der Waals surface area contributed by atoms with Gasteiger partial charge < -0.3 is 11.1 Å². The Labute approximate surface area is 158 Å². The molecule has 0 radical (unpaired) electrons. The van der Waals surface area contributed by atoms with Crippen molar-refractivity contribution in [2.75, 3.05) is 11.1 Å². The first kappa shape index (κ1) is 17.6. The summed E-state index contributed by atoms with van der Waals surface area (Å²) in [6.07, 6.45) is 0. The van der Waals surface area contributed by atoms with Crippen molar-refractivity contribution in [1.29, 1.82) is 0 Å². The first-order valence-corrected chi connectivity index (χ1v) is 8.66. The van der Waals surface area contributed by atoms with Crippen LogP contribution in [-0.2, 0) is 0 Å². The molecule has 4 nitrogen and oxygen atoms in total. The zero-order valence-electron chi connectivity index (χ0n) is 14.4. The molecule has 0 bridgehead atoms. The summed E-state index contributed by atoms with van der Waals surface area (Å²) in [5.41, 5.74) is 14.4. The fourth-order valence-electron chi connectivity index (χ4n) is 2.54. The maximum atomic E-state index is 6.20. The molecule has 0 fully saturated rings. The van der Waals surface area contributed by atoms with Gasteiger partial charge in [0.2, 0.25) is 0 Å². The van der Waals surface area contributed by atoms with Gasteiger partial charge in [-0.1, -0.05) is 60.2 Å². The second-order valence-electron chi connectivity index (χ2n) is 5.85. The summed E-state index contributed by atoms with van der Waals surface area (Å²) in [5.74, 6) is 0. The number of nitrogens with one attached hydrogen (secondary N) is 2. The van der Waals surface area contributed by atoms with Gasteiger partial charge in [-0.2, -0.15) is 5.10 Å². The van der Waals surface area contributed by atoms with Crippen LogP contribution < -0.4 is 16.5 Å². The first-order chi connectivity index (χ1) is 12.6. The second kappa shape index (κ2) is 8.27. The van der Waals surface area contributed by atoms with E-state index in [4.69, 9.17) is 18.0 Å². The number of nitrogen functional groups attached to an aromatic ring is 1. The van der Waals surface area contributed by atoms with Crippen molar-refractivity contribution < 1.29 is 0 Å². The van der Waals surface area contributed by atoms with Crippen molar-refractivity contribution in [3.63, 3.8) is 0 Å². The van der Waals surface area contributed by atoms with Gasteiger partial charge in [0.15, 0.2) is 5.11 Å². The van der Waals surface area contributed by atoms with E-state index < -0.39 is 0 Å². The molecule has 0 heterocycles. The van der Waals surface area contributed by atoms with E-state index in [1.165, 1.54) is 0 Å². The maximum Gasteiger partial charge on any atom is 0.191 e. The Hall–Kier alpha value is -3.18. The Kier molecular flexibility index (Phi) is 5.61. The fraction of sp³-hybridized carbons (Fsp3) is 0.0476. The number of hydrazone groups is 1. The summed E-state index contributed by atoms with van der Waals surface area (Å²) in [7, 11) is 0. The van der Waals surface area contributed by atoms with E-state index in [1.807, 2.05) is 85.8 Å². The minimum Gasteiger partial charge on any atom is -0.398 e. The highest BCUT2D eigenvalue weighted by atomic mass is 32.1. The lowest BCUT2D eigenvalue weighted by Gasteiger charge is -2.13. The van der Waals surface area contributed by atoms with Gasteiger partial charge in [-0.05, 0) is 43.4 Å². The lowest BCUT2D eigenvalue weighted by molar-refractivity contribution is 1.04. The topological polar surface area (TPSA) is 62.4 Å². The highest BCUT2D eigenvalue weighted by Crippen LogP contribution is 2.19. The van der Waals surface area contributed by atoms with E-state index in [9.17, 15) is 0 Å². The third-order valence-electron chi connectivity index (χ3n) is 3.81. The molecule has 3 aromatic carbocycles. The number of anilines is 2. The number of rotatable bonds is 4. The molecule has 0 saturated carbocycles. The molecule has 0 aliphatic heterocycles. The molecule has 4 N–H and O–H groups in total. The minimum atomic E-state index is 0.413. The molecule has 0 spiro atoms. The van der Waals surface area contributed by atoms with E-state index in [0.717, 1.165) is 28.1 Å². The van der Waals surface area contributed by atoms with Gasteiger partial charge in [-0.25, -0.2) is 0 Å². The molecule has 0 atom stereocenters. The molecular weight excluding hydrogens is 340 g/mol. The van der Waals surface area contributed by atoms with Gasteiger partial charge in [0.05, 0.1) is 5.71 Å². The summed E-state index contributed by atoms with van der Waals surface area (Å²) in [6, 6.07) is 25.5. The summed E-state index contributed by atoms with van der Waals surface area (Å²) in [6.45, 7) is 2.03. The van der Waals surface area contributed by atoms with Crippen LogP contribution in [0.25, 0.3) is 0 Å². The highest BCUT2D eigenvalue weighted by molar-refractivity contribution is 7.80. The van der Waals surface area contributed by atoms with Crippen LogP contribution in [0.1, 0.15) is 16.7 Å². The number of thiocarbonyl (C=S) groups is 1. The third-order valence-corrected chi connectivity index (χ3v) is 4.01. The smallest absolute Gasteiger partial charge is 0.191 e. The Morgan fingerprint density at radius 3 is 2.27 bits per heavy atom. The number of hydrogen-bond donors (Lipinski definition) is 3. The quantitative estimate of drug-likeness (QED) is 0.281. The Bertz CT molecular complexity index is 921. The summed E-state index contributed by atoms with van der Waals surface area (Å²) < 4.78 is 0. The zero-order chi connectivity index (χ0) is 18.4. The van der Waals surface area contributed by atoms with Crippen LogP contribution in [0.15, 0.2) is 84.0 Å². The lowest BCUT2D eigenvalue weighted by Crippen LogP contribution is -2.25. The molecule has 0 amide bonds. The van der Waals surface area contributed by atoms with E-state index in [2.05, 4.69) is 15.8 Å². The van der Waals surface area contributed by atoms with Crippen molar-refractivity contribution in [2.24, 2.45) is 5.10 Å². The van der Waals surface area contributed by atoms with Gasteiger partial charge in [0.25, 0.3) is 0 Å². The molecular formula is C21H20N4S. The van der Waals surface area contributed by atoms with Gasteiger partial charge in [-0.15, -0.1) is 0 Å². The van der Waals surface area contributed by atoms with Crippen LogP contribution in [0.5, 0.6) is 0 Å². The summed E-state index contributed by atoms with van der Waals surface area (Å²) >= 11 is 5.35. The van der Waals surface area contributed by atoms with E-state index in [1.54, 1.807) is 0 Å². The Morgan fingerprint density at radius 1 is 0.923 bits per heavy atom. The average Bonchev–Trinajstić information content (AvgIpc) is 2.66. The first-order valence-electron chi connectivity index (χ1n) is 8.25. The summed E-state index contributed by atoms with van der Waals surface area (Å²) in [4.78, 5) is 0. The largest absolute Gasteiger partial charge is 0.398 e. The highest BCUT2D eigenvalue weighted by Gasteiger charge is 2.11. The molecule has 3 rings (SSSR count). The summed E-state index contributed by atoms with van der Waals surface area (Å²) in [5, 5.41) is 8.07. The van der Waals surface area contributed by atoms with Gasteiger partial charge in [0, 0.05) is 22.5 Å². The van der Waals surface area contributed by atoms with Gasteiger partial charge in [-0.3, -0.25) is 5.43 Å². The fourth-order valence-corrected chi connectivity index (χ4v) is 2.70. The predicted molar refractivity (Wildman–Crippen MR) is 113 cm³/mol. The number of nitrogens with zero attached hydrogens (tertiary/aromatic N) is 1. The maximum absolute atomic E-state index is 6.20. The Morgan fingerprint density at radius 2 is 1.58 bits per heavy atom. The number of benzene rings is 3. The van der Waals surface area contributed by atoms with Crippen LogP contribution in [0, 0.1) is 6.92 Å². The van der Waals surface area contributed by atoms with Crippen molar-refractivity contribution in [1.82, 2.24) is 5.43 Å². The van der Waals surface area contributed by atoms with Crippen LogP contribution in [0.4, 0.5) is 11.4 Å². The van der Waals surface area contributed by atoms with Crippen LogP contribution in [0.3, 0.4) is 0 Å². The van der Waals surface area contributed by atoms with Gasteiger partial charge >= 0.3 is 0 Å². The second-order valence-corrected chi connectivity index (χ2v) is 6.26. The molecule has 0 aliphatic carbocycles. The van der Waals surface area contributed by atoms with E-state index in [-0.39, 0.29) is 0 Å². The van der Waals surface area contributed by atoms with Crippen molar-refractivity contribution in [3.8, 4) is 0 Å². The predicted octanol–water partition coefficient (Wildman–Crippen LogP) is 4.32. The third kappa shape index (κ3) is 4.46. The number of para-hydroxylation sites is 1. The molecule has 0 aliphatic rings. The minimum absolute atomic E-state index is 0.413. The van der Waals surface area contributed by atoms with Gasteiger partial charge in [0.1, 0.15) is 0 Å². The Balaban J connectivity index is 1.89. The number of hydrogen-bond acceptors (Lipinski definition) is 3. The molecule has 5 heteroatoms. The molecule has 3 aromatic rings. The molecule has 0 saturated heterocycles. The number of nitrogens with two attached hydrogens (primary N) is 1. The van der Waals surface area contributed by atoms with Crippen molar-refractivity contribution in [2.45, 2.75) is 6.92 Å². The molecule has 130 valence electrons. The van der Waals surface area contributed by atoms with E-state index >= 15 is 0 Å². The number of aryl methyl sites for hydroxylation is 1. The average molecular weight is 360 g/mol. The SMILES string of the molecule is Cc1ccc(N)c(/C(=N/NC(=S)Nc2ccccc2)c2ccccc2)c1. The van der Waals surface area contributed by atoms with Crippen LogP contribution >= 0.6 is 12.2 Å². The van der Waals surface area contributed by atoms with Crippen LogP contribution in [0.2, 0.25) is 0 Å². The van der Waals surface area contributed by atoms with E-state index in [0.29, 0.717) is 10.8 Å². The molecule has 0 aromatic heterocycles. The zero-order valence-corrected chi connectivity index (χ0v) is 15.3. The molecule has 0 unspecified atom stereocenters.